The van der Waals surface area contributed by atoms with E-state index in [1.165, 1.54) is 0 Å². The maximum atomic E-state index is 11.3. The lowest BCUT2D eigenvalue weighted by molar-refractivity contribution is 0.0697. The van der Waals surface area contributed by atoms with Crippen LogP contribution in [0.25, 0.3) is 0 Å². The van der Waals surface area contributed by atoms with Crippen LogP contribution < -0.4 is 10.2 Å². The van der Waals surface area contributed by atoms with Crippen molar-refractivity contribution >= 4 is 11.7 Å². The fourth-order valence-electron chi connectivity index (χ4n) is 2.52. The van der Waals surface area contributed by atoms with Gasteiger partial charge in [0.25, 0.3) is 0 Å². The standard InChI is InChI=1S/C14H20N2O2/c1-10-3-4-13(12(9-10)14(17)18)16(2)11-5-7-15-8-6-11/h3-4,9,11,15H,5-8H2,1-2H3,(H,17,18). The number of nitrogens with one attached hydrogen (secondary N) is 1. The molecule has 2 rings (SSSR count). The molecular formula is C14H20N2O2. The summed E-state index contributed by atoms with van der Waals surface area (Å²) in [6.45, 7) is 3.92. The number of nitrogens with zero attached hydrogens (tertiary/aromatic N) is 1. The molecule has 0 aliphatic carbocycles. The molecule has 1 heterocycles. The molecule has 0 amide bonds. The van der Waals surface area contributed by atoms with E-state index in [2.05, 4.69) is 10.2 Å². The van der Waals surface area contributed by atoms with Gasteiger partial charge in [0.1, 0.15) is 0 Å². The molecule has 0 spiro atoms. The van der Waals surface area contributed by atoms with E-state index in [1.54, 1.807) is 6.07 Å². The first-order valence-electron chi connectivity index (χ1n) is 6.37. The minimum atomic E-state index is -0.852. The smallest absolute Gasteiger partial charge is 0.337 e. The van der Waals surface area contributed by atoms with Crippen LogP contribution in [-0.2, 0) is 0 Å². The maximum Gasteiger partial charge on any atom is 0.337 e. The highest BCUT2D eigenvalue weighted by atomic mass is 16.4. The average Bonchev–Trinajstić information content (AvgIpc) is 2.39. The minimum Gasteiger partial charge on any atom is -0.478 e. The van der Waals surface area contributed by atoms with Crippen molar-refractivity contribution in [1.82, 2.24) is 5.32 Å². The van der Waals surface area contributed by atoms with Crippen LogP contribution in [0.3, 0.4) is 0 Å². The quantitative estimate of drug-likeness (QED) is 0.857. The molecule has 1 aliphatic rings. The van der Waals surface area contributed by atoms with E-state index in [1.807, 2.05) is 26.1 Å². The topological polar surface area (TPSA) is 52.6 Å². The van der Waals surface area contributed by atoms with Crippen LogP contribution in [0.1, 0.15) is 28.8 Å². The van der Waals surface area contributed by atoms with Crippen molar-refractivity contribution in [2.75, 3.05) is 25.0 Å². The maximum absolute atomic E-state index is 11.3. The number of rotatable bonds is 3. The summed E-state index contributed by atoms with van der Waals surface area (Å²) in [6.07, 6.45) is 2.12. The molecule has 1 aliphatic heterocycles. The van der Waals surface area contributed by atoms with Gasteiger partial charge in [-0.25, -0.2) is 4.79 Å². The summed E-state index contributed by atoms with van der Waals surface area (Å²) < 4.78 is 0. The van der Waals surface area contributed by atoms with Crippen LogP contribution in [0.2, 0.25) is 0 Å². The molecule has 0 unspecified atom stereocenters. The van der Waals surface area contributed by atoms with Crippen molar-refractivity contribution in [2.45, 2.75) is 25.8 Å². The number of carboxylic acid groups (broad SMARTS) is 1. The van der Waals surface area contributed by atoms with E-state index in [4.69, 9.17) is 0 Å². The number of hydrogen-bond acceptors (Lipinski definition) is 3. The summed E-state index contributed by atoms with van der Waals surface area (Å²) >= 11 is 0. The second-order valence-electron chi connectivity index (χ2n) is 4.92. The Morgan fingerprint density at radius 1 is 1.39 bits per heavy atom. The predicted molar refractivity (Wildman–Crippen MR) is 72.4 cm³/mol. The molecule has 4 heteroatoms. The van der Waals surface area contributed by atoms with E-state index in [9.17, 15) is 9.90 Å². The Bertz CT molecular complexity index is 439. The number of carboxylic acids is 1. The number of benzene rings is 1. The second kappa shape index (κ2) is 5.40. The van der Waals surface area contributed by atoms with Crippen LogP contribution in [-0.4, -0.2) is 37.3 Å². The van der Waals surface area contributed by atoms with E-state index >= 15 is 0 Å². The Hall–Kier alpha value is -1.55. The third-order valence-corrected chi connectivity index (χ3v) is 3.62. The third kappa shape index (κ3) is 2.64. The van der Waals surface area contributed by atoms with Gasteiger partial charge in [0.05, 0.1) is 11.3 Å². The lowest BCUT2D eigenvalue weighted by atomic mass is 10.0. The van der Waals surface area contributed by atoms with Gasteiger partial charge in [-0.05, 0) is 45.0 Å². The molecule has 1 saturated heterocycles. The molecular weight excluding hydrogens is 228 g/mol. The molecule has 98 valence electrons. The highest BCUT2D eigenvalue weighted by Crippen LogP contribution is 2.25. The van der Waals surface area contributed by atoms with Crippen molar-refractivity contribution in [3.8, 4) is 0 Å². The van der Waals surface area contributed by atoms with Crippen LogP contribution in [0.5, 0.6) is 0 Å². The summed E-state index contributed by atoms with van der Waals surface area (Å²) in [6, 6.07) is 6.06. The summed E-state index contributed by atoms with van der Waals surface area (Å²) in [5.74, 6) is -0.852. The van der Waals surface area contributed by atoms with Crippen LogP contribution in [0.15, 0.2) is 18.2 Å². The monoisotopic (exact) mass is 248 g/mol. The van der Waals surface area contributed by atoms with E-state index < -0.39 is 5.97 Å². The first kappa shape index (κ1) is 12.9. The highest BCUT2D eigenvalue weighted by Gasteiger charge is 2.21. The largest absolute Gasteiger partial charge is 0.478 e. The second-order valence-corrected chi connectivity index (χ2v) is 4.92. The van der Waals surface area contributed by atoms with Crippen LogP contribution in [0, 0.1) is 6.92 Å². The summed E-state index contributed by atoms with van der Waals surface area (Å²) in [5.41, 5.74) is 2.20. The zero-order valence-electron chi connectivity index (χ0n) is 10.9. The van der Waals surface area contributed by atoms with Gasteiger partial charge in [0.2, 0.25) is 0 Å². The number of hydrogen-bond donors (Lipinski definition) is 2. The Morgan fingerprint density at radius 3 is 2.67 bits per heavy atom. The molecule has 18 heavy (non-hydrogen) atoms. The summed E-state index contributed by atoms with van der Waals surface area (Å²) in [4.78, 5) is 13.4. The lowest BCUT2D eigenvalue weighted by Gasteiger charge is -2.34. The van der Waals surface area contributed by atoms with Gasteiger partial charge in [0, 0.05) is 13.1 Å². The fourth-order valence-corrected chi connectivity index (χ4v) is 2.52. The minimum absolute atomic E-state index is 0.399. The molecule has 2 N–H and O–H groups in total. The molecule has 4 nitrogen and oxygen atoms in total. The summed E-state index contributed by atoms with van der Waals surface area (Å²) in [5, 5.41) is 12.6. The first-order valence-corrected chi connectivity index (χ1v) is 6.37. The van der Waals surface area contributed by atoms with Crippen molar-refractivity contribution < 1.29 is 9.90 Å². The van der Waals surface area contributed by atoms with Crippen molar-refractivity contribution in [2.24, 2.45) is 0 Å². The van der Waals surface area contributed by atoms with Crippen molar-refractivity contribution in [3.63, 3.8) is 0 Å². The molecule has 0 radical (unpaired) electrons. The Balaban J connectivity index is 2.28. The predicted octanol–water partition coefficient (Wildman–Crippen LogP) is 1.88. The van der Waals surface area contributed by atoms with Gasteiger partial charge in [-0.15, -0.1) is 0 Å². The molecule has 1 aromatic carbocycles. The number of carbonyl (C=O) groups is 1. The normalized spacial score (nSPS) is 16.6. The average molecular weight is 248 g/mol. The highest BCUT2D eigenvalue weighted by molar-refractivity contribution is 5.94. The van der Waals surface area contributed by atoms with Crippen molar-refractivity contribution in [1.29, 1.82) is 0 Å². The zero-order valence-corrected chi connectivity index (χ0v) is 10.9. The SMILES string of the molecule is Cc1ccc(N(C)C2CCNCC2)c(C(=O)O)c1. The first-order chi connectivity index (χ1) is 8.59. The number of piperidine rings is 1. The van der Waals surface area contributed by atoms with E-state index in [0.717, 1.165) is 37.2 Å². The van der Waals surface area contributed by atoms with Crippen LogP contribution in [0.4, 0.5) is 5.69 Å². The van der Waals surface area contributed by atoms with Gasteiger partial charge in [-0.2, -0.15) is 0 Å². The number of aromatic carboxylic acids is 1. The van der Waals surface area contributed by atoms with E-state index in [0.29, 0.717) is 11.6 Å². The molecule has 1 aromatic rings. The van der Waals surface area contributed by atoms with E-state index in [-0.39, 0.29) is 0 Å². The van der Waals surface area contributed by atoms with Gasteiger partial charge in [-0.1, -0.05) is 11.6 Å². The molecule has 0 atom stereocenters. The summed E-state index contributed by atoms with van der Waals surface area (Å²) in [7, 11) is 1.99. The lowest BCUT2D eigenvalue weighted by Crippen LogP contribution is -2.41. The Morgan fingerprint density at radius 2 is 2.06 bits per heavy atom. The number of anilines is 1. The van der Waals surface area contributed by atoms with Gasteiger partial charge in [-0.3, -0.25) is 0 Å². The van der Waals surface area contributed by atoms with Gasteiger partial charge < -0.3 is 15.3 Å². The number of aryl methyl sites for hydroxylation is 1. The molecule has 0 aromatic heterocycles. The zero-order chi connectivity index (χ0) is 13.1. The Labute approximate surface area is 108 Å². The molecule has 0 bridgehead atoms. The molecule has 1 fully saturated rings. The van der Waals surface area contributed by atoms with Gasteiger partial charge in [0.15, 0.2) is 0 Å². The molecule has 0 saturated carbocycles. The van der Waals surface area contributed by atoms with Crippen molar-refractivity contribution in [3.05, 3.63) is 29.3 Å². The fraction of sp³-hybridized carbons (Fsp3) is 0.500. The third-order valence-electron chi connectivity index (χ3n) is 3.62. The van der Waals surface area contributed by atoms with Crippen LogP contribution >= 0.6 is 0 Å². The van der Waals surface area contributed by atoms with Gasteiger partial charge >= 0.3 is 5.97 Å². The Kier molecular flexibility index (Phi) is 3.87.